The Morgan fingerprint density at radius 1 is 1.14 bits per heavy atom. The summed E-state index contributed by atoms with van der Waals surface area (Å²) in [6.07, 6.45) is 3.50. The molecule has 2 aromatic rings. The smallest absolute Gasteiger partial charge is 0.241 e. The SMILES string of the molecule is CCN(Cc1ccncc1)C(=O)C1CN1Cc1c(OC)cc(OC)cc1OC. The molecule has 0 aliphatic carbocycles. The molecule has 1 aliphatic heterocycles. The number of aromatic nitrogens is 1. The largest absolute Gasteiger partial charge is 0.496 e. The number of methoxy groups -OCH3 is 3. The summed E-state index contributed by atoms with van der Waals surface area (Å²) in [7, 11) is 4.85. The number of rotatable bonds is 9. The van der Waals surface area contributed by atoms with Gasteiger partial charge in [0.2, 0.25) is 5.91 Å². The first-order chi connectivity index (χ1) is 13.6. The number of likely N-dealkylation sites (N-methyl/N-ethyl adjacent to an activating group) is 1. The van der Waals surface area contributed by atoms with Crippen molar-refractivity contribution in [3.63, 3.8) is 0 Å². The normalized spacial score (nSPS) is 17.7. The fourth-order valence-electron chi connectivity index (χ4n) is 3.29. The van der Waals surface area contributed by atoms with Crippen LogP contribution in [0.3, 0.4) is 0 Å². The number of benzene rings is 1. The van der Waals surface area contributed by atoms with Crippen LogP contribution in [0.4, 0.5) is 0 Å². The van der Waals surface area contributed by atoms with Crippen LogP contribution in [0, 0.1) is 0 Å². The maximum atomic E-state index is 12.9. The number of hydrogen-bond donors (Lipinski definition) is 0. The van der Waals surface area contributed by atoms with Crippen molar-refractivity contribution < 1.29 is 19.0 Å². The van der Waals surface area contributed by atoms with Gasteiger partial charge in [-0.3, -0.25) is 14.7 Å². The molecule has 150 valence electrons. The first kappa shape index (κ1) is 19.9. The Labute approximate surface area is 165 Å². The minimum absolute atomic E-state index is 0.113. The van der Waals surface area contributed by atoms with E-state index in [-0.39, 0.29) is 11.9 Å². The van der Waals surface area contributed by atoms with E-state index >= 15 is 0 Å². The summed E-state index contributed by atoms with van der Waals surface area (Å²) in [6.45, 7) is 4.57. The van der Waals surface area contributed by atoms with E-state index in [1.54, 1.807) is 33.7 Å². The Balaban J connectivity index is 1.69. The zero-order valence-corrected chi connectivity index (χ0v) is 16.8. The van der Waals surface area contributed by atoms with Crippen molar-refractivity contribution >= 4 is 5.91 Å². The van der Waals surface area contributed by atoms with Gasteiger partial charge in [-0.2, -0.15) is 0 Å². The molecule has 2 atom stereocenters. The predicted molar refractivity (Wildman–Crippen MR) is 106 cm³/mol. The second kappa shape index (κ2) is 8.93. The van der Waals surface area contributed by atoms with Crippen molar-refractivity contribution in [2.75, 3.05) is 34.4 Å². The predicted octanol–water partition coefficient (Wildman–Crippen LogP) is 2.34. The van der Waals surface area contributed by atoms with Gasteiger partial charge in [-0.05, 0) is 24.6 Å². The van der Waals surface area contributed by atoms with Crippen molar-refractivity contribution in [1.82, 2.24) is 14.8 Å². The number of carbonyl (C=O) groups excluding carboxylic acids is 1. The zero-order chi connectivity index (χ0) is 20.1. The molecule has 1 amide bonds. The fourth-order valence-corrected chi connectivity index (χ4v) is 3.29. The molecule has 1 aromatic carbocycles. The average molecular weight is 385 g/mol. The van der Waals surface area contributed by atoms with Crippen molar-refractivity contribution in [1.29, 1.82) is 0 Å². The molecule has 1 aliphatic rings. The van der Waals surface area contributed by atoms with Gasteiger partial charge < -0.3 is 19.1 Å². The van der Waals surface area contributed by atoms with Gasteiger partial charge in [-0.25, -0.2) is 0 Å². The van der Waals surface area contributed by atoms with Gasteiger partial charge in [0, 0.05) is 50.7 Å². The number of hydrogen-bond acceptors (Lipinski definition) is 6. The Morgan fingerprint density at radius 2 is 1.79 bits per heavy atom. The van der Waals surface area contributed by atoms with E-state index in [0.29, 0.717) is 36.9 Å². The molecule has 7 nitrogen and oxygen atoms in total. The molecule has 1 aromatic heterocycles. The first-order valence-corrected chi connectivity index (χ1v) is 9.31. The summed E-state index contributed by atoms with van der Waals surface area (Å²) < 4.78 is 16.3. The molecule has 28 heavy (non-hydrogen) atoms. The summed E-state index contributed by atoms with van der Waals surface area (Å²) in [5.74, 6) is 2.20. The van der Waals surface area contributed by atoms with Crippen LogP contribution in [-0.2, 0) is 17.9 Å². The Morgan fingerprint density at radius 3 is 2.32 bits per heavy atom. The number of amides is 1. The quantitative estimate of drug-likeness (QED) is 0.618. The number of carbonyl (C=O) groups is 1. The molecule has 0 spiro atoms. The highest BCUT2D eigenvalue weighted by Crippen LogP contribution is 2.37. The topological polar surface area (TPSA) is 63.9 Å². The highest BCUT2D eigenvalue weighted by molar-refractivity contribution is 5.84. The van der Waals surface area contributed by atoms with E-state index < -0.39 is 0 Å². The van der Waals surface area contributed by atoms with Gasteiger partial charge in [0.1, 0.15) is 23.3 Å². The summed E-state index contributed by atoms with van der Waals surface area (Å²) in [6, 6.07) is 7.43. The van der Waals surface area contributed by atoms with Gasteiger partial charge >= 0.3 is 0 Å². The molecule has 2 unspecified atom stereocenters. The lowest BCUT2D eigenvalue weighted by molar-refractivity contribution is -0.131. The highest BCUT2D eigenvalue weighted by Gasteiger charge is 2.43. The number of ether oxygens (including phenoxy) is 3. The second-order valence-corrected chi connectivity index (χ2v) is 6.66. The van der Waals surface area contributed by atoms with Crippen LogP contribution in [0.5, 0.6) is 17.2 Å². The lowest BCUT2D eigenvalue weighted by Gasteiger charge is -2.21. The molecule has 0 N–H and O–H groups in total. The fraction of sp³-hybridized carbons (Fsp3) is 0.429. The van der Waals surface area contributed by atoms with E-state index in [1.165, 1.54) is 0 Å². The van der Waals surface area contributed by atoms with Gasteiger partial charge in [0.15, 0.2) is 0 Å². The molecule has 2 heterocycles. The van der Waals surface area contributed by atoms with E-state index in [2.05, 4.69) is 9.88 Å². The van der Waals surface area contributed by atoms with Crippen LogP contribution in [0.2, 0.25) is 0 Å². The molecular weight excluding hydrogens is 358 g/mol. The van der Waals surface area contributed by atoms with E-state index in [4.69, 9.17) is 14.2 Å². The third-order valence-electron chi connectivity index (χ3n) is 4.99. The Hall–Kier alpha value is -2.80. The van der Waals surface area contributed by atoms with Crippen LogP contribution in [-0.4, -0.2) is 61.2 Å². The third kappa shape index (κ3) is 4.36. The third-order valence-corrected chi connectivity index (χ3v) is 4.99. The van der Waals surface area contributed by atoms with Crippen LogP contribution < -0.4 is 14.2 Å². The molecule has 1 saturated heterocycles. The molecule has 1 fully saturated rings. The molecule has 3 rings (SSSR count). The van der Waals surface area contributed by atoms with Crippen molar-refractivity contribution in [2.24, 2.45) is 0 Å². The van der Waals surface area contributed by atoms with Gasteiger partial charge in [0.05, 0.1) is 26.9 Å². The second-order valence-electron chi connectivity index (χ2n) is 6.66. The number of pyridine rings is 1. The van der Waals surface area contributed by atoms with E-state index in [1.807, 2.05) is 36.1 Å². The van der Waals surface area contributed by atoms with Crippen molar-refractivity contribution in [3.8, 4) is 17.2 Å². The molecular formula is C21H27N3O4. The number of nitrogens with zero attached hydrogens (tertiary/aromatic N) is 3. The van der Waals surface area contributed by atoms with Crippen molar-refractivity contribution in [3.05, 3.63) is 47.8 Å². The van der Waals surface area contributed by atoms with Gasteiger partial charge in [-0.15, -0.1) is 0 Å². The lowest BCUT2D eigenvalue weighted by Crippen LogP contribution is -2.35. The minimum Gasteiger partial charge on any atom is -0.496 e. The molecule has 0 bridgehead atoms. The summed E-state index contributed by atoms with van der Waals surface area (Å²) in [4.78, 5) is 21.0. The Bertz CT molecular complexity index is 788. The summed E-state index contributed by atoms with van der Waals surface area (Å²) >= 11 is 0. The van der Waals surface area contributed by atoms with Crippen molar-refractivity contribution in [2.45, 2.75) is 26.1 Å². The zero-order valence-electron chi connectivity index (χ0n) is 16.8. The van der Waals surface area contributed by atoms with Crippen LogP contribution in [0.1, 0.15) is 18.1 Å². The van der Waals surface area contributed by atoms with Crippen LogP contribution >= 0.6 is 0 Å². The van der Waals surface area contributed by atoms with Crippen LogP contribution in [0.15, 0.2) is 36.7 Å². The molecule has 0 saturated carbocycles. The van der Waals surface area contributed by atoms with E-state index in [9.17, 15) is 4.79 Å². The van der Waals surface area contributed by atoms with E-state index in [0.717, 1.165) is 17.7 Å². The first-order valence-electron chi connectivity index (χ1n) is 9.31. The highest BCUT2D eigenvalue weighted by atomic mass is 16.5. The standard InChI is InChI=1S/C21H27N3O4/c1-5-23(12-15-6-8-22-9-7-15)21(25)18-14-24(18)13-17-19(27-3)10-16(26-2)11-20(17)28-4/h6-11,18H,5,12-14H2,1-4H3. The van der Waals surface area contributed by atoms with Gasteiger partial charge in [0.25, 0.3) is 0 Å². The molecule has 7 heteroatoms. The maximum Gasteiger partial charge on any atom is 0.241 e. The summed E-state index contributed by atoms with van der Waals surface area (Å²) in [5, 5.41) is 0. The Kier molecular flexibility index (Phi) is 6.36. The van der Waals surface area contributed by atoms with Gasteiger partial charge in [-0.1, -0.05) is 0 Å². The van der Waals surface area contributed by atoms with Crippen LogP contribution in [0.25, 0.3) is 0 Å². The lowest BCUT2D eigenvalue weighted by atomic mass is 10.1. The summed E-state index contributed by atoms with van der Waals surface area (Å²) in [5.41, 5.74) is 1.99. The maximum absolute atomic E-state index is 12.9. The minimum atomic E-state index is -0.113. The average Bonchev–Trinajstić information content (AvgIpc) is 3.51. The molecule has 0 radical (unpaired) electrons. The monoisotopic (exact) mass is 385 g/mol.